The Morgan fingerprint density at radius 3 is 2.65 bits per heavy atom. The highest BCUT2D eigenvalue weighted by atomic mass is 32.1. The van der Waals surface area contributed by atoms with Gasteiger partial charge in [0.05, 0.1) is 6.10 Å². The number of fused-ring (bicyclic) bond motifs is 1. The first-order chi connectivity index (χ1) is 9.84. The second kappa shape index (κ2) is 6.21. The van der Waals surface area contributed by atoms with E-state index in [-0.39, 0.29) is 6.10 Å². The Morgan fingerprint density at radius 1 is 0.950 bits per heavy atom. The Hall–Kier alpha value is -1.64. The lowest BCUT2D eigenvalue weighted by atomic mass is 9.97. The van der Waals surface area contributed by atoms with Gasteiger partial charge < -0.3 is 5.11 Å². The van der Waals surface area contributed by atoms with Crippen LogP contribution in [0.3, 0.4) is 0 Å². The molecule has 2 heteroatoms. The zero-order valence-corrected chi connectivity index (χ0v) is 12.1. The van der Waals surface area contributed by atoms with Crippen molar-refractivity contribution in [3.05, 3.63) is 70.4 Å². The Labute approximate surface area is 123 Å². The fourth-order valence-electron chi connectivity index (χ4n) is 2.62. The van der Waals surface area contributed by atoms with E-state index in [9.17, 15) is 5.11 Å². The SMILES string of the molecule is OC(CCCc1cccs1)c1cccc2ccccc12. The second-order valence-electron chi connectivity index (χ2n) is 5.06. The lowest BCUT2D eigenvalue weighted by Crippen LogP contribution is -1.99. The van der Waals surface area contributed by atoms with Crippen molar-refractivity contribution in [2.45, 2.75) is 25.4 Å². The van der Waals surface area contributed by atoms with E-state index in [1.807, 2.05) is 24.3 Å². The van der Waals surface area contributed by atoms with Gasteiger partial charge in [-0.1, -0.05) is 48.5 Å². The van der Waals surface area contributed by atoms with Gasteiger partial charge in [-0.3, -0.25) is 0 Å². The van der Waals surface area contributed by atoms with Crippen LogP contribution in [-0.4, -0.2) is 5.11 Å². The second-order valence-corrected chi connectivity index (χ2v) is 6.09. The van der Waals surface area contributed by atoms with Crippen LogP contribution in [0.25, 0.3) is 10.8 Å². The molecule has 1 aromatic heterocycles. The molecule has 2 aromatic carbocycles. The van der Waals surface area contributed by atoms with Crippen LogP contribution in [0.2, 0.25) is 0 Å². The molecule has 0 aliphatic heterocycles. The summed E-state index contributed by atoms with van der Waals surface area (Å²) in [6.07, 6.45) is 2.51. The molecular formula is C18H18OS. The third kappa shape index (κ3) is 2.92. The largest absolute Gasteiger partial charge is 0.388 e. The summed E-state index contributed by atoms with van der Waals surface area (Å²) in [4.78, 5) is 1.40. The summed E-state index contributed by atoms with van der Waals surface area (Å²) in [5, 5.41) is 14.9. The molecule has 0 aliphatic rings. The molecule has 1 nitrogen and oxygen atoms in total. The quantitative estimate of drug-likeness (QED) is 0.701. The highest BCUT2D eigenvalue weighted by molar-refractivity contribution is 7.09. The van der Waals surface area contributed by atoms with Gasteiger partial charge in [-0.2, -0.15) is 0 Å². The smallest absolute Gasteiger partial charge is 0.0796 e. The number of aryl methyl sites for hydroxylation is 1. The molecule has 1 heterocycles. The van der Waals surface area contributed by atoms with Crippen LogP contribution < -0.4 is 0 Å². The van der Waals surface area contributed by atoms with Crippen molar-refractivity contribution in [2.75, 3.05) is 0 Å². The van der Waals surface area contributed by atoms with Crippen LogP contribution in [0.1, 0.15) is 29.4 Å². The monoisotopic (exact) mass is 282 g/mol. The van der Waals surface area contributed by atoms with E-state index in [1.54, 1.807) is 11.3 Å². The van der Waals surface area contributed by atoms with E-state index >= 15 is 0 Å². The van der Waals surface area contributed by atoms with Crippen LogP contribution >= 0.6 is 11.3 Å². The molecule has 102 valence electrons. The molecule has 1 unspecified atom stereocenters. The Kier molecular flexibility index (Phi) is 4.14. The summed E-state index contributed by atoms with van der Waals surface area (Å²) >= 11 is 1.79. The topological polar surface area (TPSA) is 20.2 Å². The van der Waals surface area contributed by atoms with Gasteiger partial charge in [-0.05, 0) is 47.0 Å². The maximum atomic E-state index is 10.5. The van der Waals surface area contributed by atoms with E-state index in [1.165, 1.54) is 15.6 Å². The van der Waals surface area contributed by atoms with Crippen LogP contribution in [0.5, 0.6) is 0 Å². The maximum Gasteiger partial charge on any atom is 0.0796 e. The lowest BCUT2D eigenvalue weighted by Gasteiger charge is -2.13. The third-order valence-electron chi connectivity index (χ3n) is 3.66. The Bertz CT molecular complexity index is 667. The molecule has 20 heavy (non-hydrogen) atoms. The minimum Gasteiger partial charge on any atom is -0.388 e. The van der Waals surface area contributed by atoms with Crippen molar-refractivity contribution in [1.29, 1.82) is 0 Å². The summed E-state index contributed by atoms with van der Waals surface area (Å²) in [5.74, 6) is 0. The van der Waals surface area contributed by atoms with Gasteiger partial charge in [0.2, 0.25) is 0 Å². The molecule has 0 saturated carbocycles. The van der Waals surface area contributed by atoms with E-state index in [0.29, 0.717) is 0 Å². The van der Waals surface area contributed by atoms with Gasteiger partial charge in [0.25, 0.3) is 0 Å². The normalized spacial score (nSPS) is 12.7. The molecule has 0 spiro atoms. The van der Waals surface area contributed by atoms with Crippen LogP contribution in [0, 0.1) is 0 Å². The molecule has 0 aliphatic carbocycles. The first-order valence-corrected chi connectivity index (χ1v) is 7.90. The summed E-state index contributed by atoms with van der Waals surface area (Å²) in [7, 11) is 0. The molecule has 0 radical (unpaired) electrons. The highest BCUT2D eigenvalue weighted by Crippen LogP contribution is 2.27. The van der Waals surface area contributed by atoms with E-state index in [2.05, 4.69) is 35.7 Å². The fourth-order valence-corrected chi connectivity index (χ4v) is 3.37. The van der Waals surface area contributed by atoms with Crippen molar-refractivity contribution in [3.63, 3.8) is 0 Å². The first-order valence-electron chi connectivity index (χ1n) is 7.03. The zero-order chi connectivity index (χ0) is 13.8. The van der Waals surface area contributed by atoms with Crippen molar-refractivity contribution in [3.8, 4) is 0 Å². The molecule has 1 N–H and O–H groups in total. The number of thiophene rings is 1. The van der Waals surface area contributed by atoms with Gasteiger partial charge in [0.1, 0.15) is 0 Å². The van der Waals surface area contributed by atoms with Gasteiger partial charge in [0, 0.05) is 4.88 Å². The number of hydrogen-bond acceptors (Lipinski definition) is 2. The molecule has 1 atom stereocenters. The van der Waals surface area contributed by atoms with Crippen LogP contribution in [-0.2, 0) is 6.42 Å². The van der Waals surface area contributed by atoms with Crippen molar-refractivity contribution >= 4 is 22.1 Å². The summed E-state index contributed by atoms with van der Waals surface area (Å²) in [5.41, 5.74) is 1.05. The van der Waals surface area contributed by atoms with Crippen molar-refractivity contribution in [2.24, 2.45) is 0 Å². The number of rotatable bonds is 5. The molecule has 0 fully saturated rings. The summed E-state index contributed by atoms with van der Waals surface area (Å²) in [6, 6.07) is 18.7. The third-order valence-corrected chi connectivity index (χ3v) is 4.60. The summed E-state index contributed by atoms with van der Waals surface area (Å²) in [6.45, 7) is 0. The highest BCUT2D eigenvalue weighted by Gasteiger charge is 2.10. The van der Waals surface area contributed by atoms with Gasteiger partial charge in [0.15, 0.2) is 0 Å². The maximum absolute atomic E-state index is 10.5. The molecular weight excluding hydrogens is 264 g/mol. The standard InChI is InChI=1S/C18H18OS/c19-18(12-4-8-15-9-5-13-20-15)17-11-3-7-14-6-1-2-10-16(14)17/h1-3,5-7,9-11,13,18-19H,4,8,12H2. The van der Waals surface area contributed by atoms with Gasteiger partial charge in [-0.15, -0.1) is 11.3 Å². The minimum absolute atomic E-state index is 0.374. The summed E-state index contributed by atoms with van der Waals surface area (Å²) < 4.78 is 0. The van der Waals surface area contributed by atoms with Gasteiger partial charge in [-0.25, -0.2) is 0 Å². The average molecular weight is 282 g/mol. The van der Waals surface area contributed by atoms with Crippen molar-refractivity contribution < 1.29 is 5.11 Å². The average Bonchev–Trinajstić information content (AvgIpc) is 3.00. The van der Waals surface area contributed by atoms with Crippen molar-refractivity contribution in [1.82, 2.24) is 0 Å². The fraction of sp³-hybridized carbons (Fsp3) is 0.222. The zero-order valence-electron chi connectivity index (χ0n) is 11.3. The van der Waals surface area contributed by atoms with E-state index < -0.39 is 0 Å². The number of aliphatic hydroxyl groups is 1. The first kappa shape index (κ1) is 13.3. The molecule has 0 saturated heterocycles. The Morgan fingerprint density at radius 2 is 1.80 bits per heavy atom. The predicted octanol–water partition coefficient (Wildman–Crippen LogP) is 4.96. The number of benzene rings is 2. The van der Waals surface area contributed by atoms with E-state index in [0.717, 1.165) is 24.8 Å². The van der Waals surface area contributed by atoms with Crippen LogP contribution in [0.4, 0.5) is 0 Å². The van der Waals surface area contributed by atoms with Crippen LogP contribution in [0.15, 0.2) is 60.0 Å². The van der Waals surface area contributed by atoms with Gasteiger partial charge >= 0.3 is 0 Å². The molecule has 0 amide bonds. The lowest BCUT2D eigenvalue weighted by molar-refractivity contribution is 0.166. The Balaban J connectivity index is 1.70. The van der Waals surface area contributed by atoms with E-state index in [4.69, 9.17) is 0 Å². The number of aliphatic hydroxyl groups excluding tert-OH is 1. The molecule has 3 rings (SSSR count). The molecule has 3 aromatic rings. The predicted molar refractivity (Wildman–Crippen MR) is 86.2 cm³/mol. The number of hydrogen-bond donors (Lipinski definition) is 1. The minimum atomic E-state index is -0.374. The molecule has 0 bridgehead atoms.